The number of fused-ring (bicyclic) bond motifs is 1. The molecule has 8 heteroatoms. The highest BCUT2D eigenvalue weighted by Crippen LogP contribution is 2.37. The van der Waals surface area contributed by atoms with Crippen molar-refractivity contribution in [2.45, 2.75) is 6.92 Å². The summed E-state index contributed by atoms with van der Waals surface area (Å²) in [5.41, 5.74) is 0.757. The van der Waals surface area contributed by atoms with E-state index in [-0.39, 0.29) is 24.4 Å². The first-order valence-electron chi connectivity index (χ1n) is 8.35. The molecule has 2 rings (SSSR count). The Labute approximate surface area is 162 Å². The number of para-hydroxylation sites is 2. The first-order valence-corrected chi connectivity index (χ1v) is 8.35. The first-order chi connectivity index (χ1) is 13.3. The number of ether oxygens (including phenoxy) is 4. The first kappa shape index (κ1) is 20.8. The summed E-state index contributed by atoms with van der Waals surface area (Å²) in [5.74, 6) is -1.28. The van der Waals surface area contributed by atoms with Crippen LogP contribution in [0.25, 0.3) is 0 Å². The fraction of sp³-hybridized carbons (Fsp3) is 0.250. The average Bonchev–Trinajstić information content (AvgIpc) is 3.00. The van der Waals surface area contributed by atoms with Gasteiger partial charge in [0.1, 0.15) is 18.8 Å². The number of anilines is 1. The Balaban J connectivity index is 2.05. The van der Waals surface area contributed by atoms with Gasteiger partial charge in [-0.3, -0.25) is 0 Å². The summed E-state index contributed by atoms with van der Waals surface area (Å²) in [6.07, 6.45) is 2.72. The molecule has 1 aromatic carbocycles. The second kappa shape index (κ2) is 9.40. The van der Waals surface area contributed by atoms with Crippen LogP contribution in [0.1, 0.15) is 6.92 Å². The van der Waals surface area contributed by atoms with Crippen LogP contribution in [-0.2, 0) is 28.6 Å². The van der Waals surface area contributed by atoms with Gasteiger partial charge in [-0.2, -0.15) is 0 Å². The Kier molecular flexibility index (Phi) is 6.97. The molecule has 0 bridgehead atoms. The van der Waals surface area contributed by atoms with Crippen molar-refractivity contribution < 1.29 is 33.3 Å². The average molecular weight is 387 g/mol. The number of hydrogen-bond acceptors (Lipinski definition) is 8. The summed E-state index contributed by atoms with van der Waals surface area (Å²) in [7, 11) is 2.94. The van der Waals surface area contributed by atoms with Gasteiger partial charge in [0.15, 0.2) is 11.6 Å². The molecule has 0 spiro atoms. The van der Waals surface area contributed by atoms with Crippen LogP contribution < -0.4 is 9.64 Å². The number of esters is 3. The van der Waals surface area contributed by atoms with Gasteiger partial charge in [-0.1, -0.05) is 18.7 Å². The Morgan fingerprint density at radius 3 is 2.36 bits per heavy atom. The van der Waals surface area contributed by atoms with E-state index < -0.39 is 17.9 Å². The topological polar surface area (TPSA) is 91.4 Å². The highest BCUT2D eigenvalue weighted by Gasteiger charge is 2.24. The lowest BCUT2D eigenvalue weighted by molar-refractivity contribution is -0.150. The summed E-state index contributed by atoms with van der Waals surface area (Å²) < 4.78 is 20.1. The predicted octanol–water partition coefficient (Wildman–Crippen LogP) is 2.12. The van der Waals surface area contributed by atoms with E-state index >= 15 is 0 Å². The number of carbonyl (C=O) groups excluding carboxylic acids is 3. The molecule has 0 atom stereocenters. The van der Waals surface area contributed by atoms with E-state index in [0.717, 1.165) is 12.8 Å². The zero-order chi connectivity index (χ0) is 20.7. The minimum atomic E-state index is -0.909. The third-order valence-electron chi connectivity index (χ3n) is 3.69. The molecule has 28 heavy (non-hydrogen) atoms. The van der Waals surface area contributed by atoms with E-state index in [9.17, 15) is 14.4 Å². The maximum Gasteiger partial charge on any atom is 0.345 e. The monoisotopic (exact) mass is 387 g/mol. The maximum atomic E-state index is 12.2. The van der Waals surface area contributed by atoms with Crippen LogP contribution in [0.5, 0.6) is 5.75 Å². The van der Waals surface area contributed by atoms with Crippen molar-refractivity contribution in [2.75, 3.05) is 32.3 Å². The second-order valence-corrected chi connectivity index (χ2v) is 5.76. The van der Waals surface area contributed by atoms with E-state index in [0.29, 0.717) is 11.6 Å². The molecular formula is C20H21NO7. The zero-order valence-electron chi connectivity index (χ0n) is 15.9. The number of allylic oxidation sites excluding steroid dienone is 2. The van der Waals surface area contributed by atoms with Crippen molar-refractivity contribution in [3.05, 3.63) is 60.0 Å². The van der Waals surface area contributed by atoms with Crippen LogP contribution in [0.3, 0.4) is 0 Å². The number of rotatable bonds is 7. The molecule has 0 aliphatic carbocycles. The lowest BCUT2D eigenvalue weighted by Crippen LogP contribution is -2.20. The van der Waals surface area contributed by atoms with Gasteiger partial charge in [0.05, 0.1) is 12.8 Å². The number of nitrogens with zero attached hydrogens (tertiary/aromatic N) is 1. The van der Waals surface area contributed by atoms with Crippen molar-refractivity contribution in [1.29, 1.82) is 0 Å². The highest BCUT2D eigenvalue weighted by atomic mass is 16.6. The maximum absolute atomic E-state index is 12.2. The minimum Gasteiger partial charge on any atom is -0.465 e. The van der Waals surface area contributed by atoms with Gasteiger partial charge in [-0.25, -0.2) is 14.4 Å². The Morgan fingerprint density at radius 2 is 1.75 bits per heavy atom. The quantitative estimate of drug-likeness (QED) is 0.175. The summed E-state index contributed by atoms with van der Waals surface area (Å²) in [4.78, 5) is 37.2. The summed E-state index contributed by atoms with van der Waals surface area (Å²) in [5, 5.41) is 0. The van der Waals surface area contributed by atoms with E-state index in [4.69, 9.17) is 14.2 Å². The number of carbonyl (C=O) groups is 3. The highest BCUT2D eigenvalue weighted by molar-refractivity contribution is 6.14. The Bertz CT molecular complexity index is 854. The molecule has 148 valence electrons. The number of benzene rings is 1. The van der Waals surface area contributed by atoms with Crippen LogP contribution >= 0.6 is 0 Å². The molecule has 0 saturated heterocycles. The zero-order valence-corrected chi connectivity index (χ0v) is 15.9. The largest absolute Gasteiger partial charge is 0.465 e. The molecule has 1 aliphatic rings. The molecule has 0 fully saturated rings. The van der Waals surface area contributed by atoms with Gasteiger partial charge in [-0.15, -0.1) is 0 Å². The van der Waals surface area contributed by atoms with Gasteiger partial charge >= 0.3 is 17.9 Å². The Hall–Kier alpha value is -3.55. The van der Waals surface area contributed by atoms with Crippen LogP contribution in [-0.4, -0.2) is 45.3 Å². The summed E-state index contributed by atoms with van der Waals surface area (Å²) in [6, 6.07) is 7.39. The van der Waals surface area contributed by atoms with Crippen LogP contribution in [0.2, 0.25) is 0 Å². The van der Waals surface area contributed by atoms with Crippen molar-refractivity contribution in [2.24, 2.45) is 0 Å². The molecule has 1 aromatic rings. The van der Waals surface area contributed by atoms with E-state index in [1.54, 1.807) is 18.0 Å². The third-order valence-corrected chi connectivity index (χ3v) is 3.69. The standard InChI is InChI=1S/C20H21NO7/c1-13(2)18(22)26-11-12-27-20(24)14(19(23)25-4)9-10-17-21(3)15-7-5-6-8-16(15)28-17/h5-10H,1,11-12H2,2-4H3/b14-9+,17-10-. The molecule has 0 amide bonds. The van der Waals surface area contributed by atoms with Crippen molar-refractivity contribution in [3.8, 4) is 5.75 Å². The molecule has 0 N–H and O–H groups in total. The van der Waals surface area contributed by atoms with Gasteiger partial charge in [0.2, 0.25) is 0 Å². The normalized spacial score (nSPS) is 14.2. The fourth-order valence-corrected chi connectivity index (χ4v) is 2.22. The van der Waals surface area contributed by atoms with Gasteiger partial charge in [0, 0.05) is 18.7 Å². The van der Waals surface area contributed by atoms with Gasteiger partial charge in [-0.05, 0) is 25.1 Å². The van der Waals surface area contributed by atoms with E-state index in [2.05, 4.69) is 11.3 Å². The van der Waals surface area contributed by atoms with Crippen molar-refractivity contribution in [1.82, 2.24) is 0 Å². The van der Waals surface area contributed by atoms with Crippen molar-refractivity contribution >= 4 is 23.6 Å². The molecule has 0 saturated carbocycles. The lowest BCUT2D eigenvalue weighted by atomic mass is 10.2. The molecule has 1 aliphatic heterocycles. The predicted molar refractivity (Wildman–Crippen MR) is 100 cm³/mol. The second-order valence-electron chi connectivity index (χ2n) is 5.76. The molecule has 1 heterocycles. The van der Waals surface area contributed by atoms with Crippen molar-refractivity contribution in [3.63, 3.8) is 0 Å². The fourth-order valence-electron chi connectivity index (χ4n) is 2.22. The molecule has 8 nitrogen and oxygen atoms in total. The SMILES string of the molecule is C=C(C)C(=O)OCCOC(=O)/C(=C/C=C1\Oc2ccccc2N1C)C(=O)OC. The minimum absolute atomic E-state index is 0.159. The van der Waals surface area contributed by atoms with E-state index in [1.165, 1.54) is 19.1 Å². The van der Waals surface area contributed by atoms with Crippen LogP contribution in [0.4, 0.5) is 5.69 Å². The number of hydrogen-bond donors (Lipinski definition) is 0. The van der Waals surface area contributed by atoms with E-state index in [1.807, 2.05) is 18.2 Å². The summed E-state index contributed by atoms with van der Waals surface area (Å²) in [6.45, 7) is 4.56. The van der Waals surface area contributed by atoms with Crippen LogP contribution in [0, 0.1) is 0 Å². The number of methoxy groups -OCH3 is 1. The third kappa shape index (κ3) is 5.00. The molecular weight excluding hydrogens is 366 g/mol. The van der Waals surface area contributed by atoms with Crippen LogP contribution in [0.15, 0.2) is 60.0 Å². The smallest absolute Gasteiger partial charge is 0.345 e. The van der Waals surface area contributed by atoms with Gasteiger partial charge < -0.3 is 23.8 Å². The Morgan fingerprint density at radius 1 is 1.11 bits per heavy atom. The molecule has 0 unspecified atom stereocenters. The van der Waals surface area contributed by atoms with Gasteiger partial charge in [0.25, 0.3) is 0 Å². The lowest BCUT2D eigenvalue weighted by Gasteiger charge is -2.10. The molecule has 0 radical (unpaired) electrons. The summed E-state index contributed by atoms with van der Waals surface area (Å²) >= 11 is 0. The molecule has 0 aromatic heterocycles.